The van der Waals surface area contributed by atoms with Crippen LogP contribution in [0.15, 0.2) is 54.6 Å². The van der Waals surface area contributed by atoms with Crippen molar-refractivity contribution in [2.24, 2.45) is 0 Å². The van der Waals surface area contributed by atoms with E-state index >= 15 is 0 Å². The van der Waals surface area contributed by atoms with Gasteiger partial charge in [-0.05, 0) is 11.6 Å². The Morgan fingerprint density at radius 2 is 1.60 bits per heavy atom. The monoisotopic (exact) mass is 347 g/mol. The second-order valence-electron chi connectivity index (χ2n) is 6.94. The molecule has 0 unspecified atom stereocenters. The van der Waals surface area contributed by atoms with Gasteiger partial charge in [0.2, 0.25) is 0 Å². The van der Waals surface area contributed by atoms with Crippen LogP contribution in [0.4, 0.5) is 13.2 Å². The number of para-hydroxylation sites is 1. The Kier molecular flexibility index (Phi) is 3.99. The third-order valence-corrected chi connectivity index (χ3v) is 5.35. The molecule has 132 valence electrons. The van der Waals surface area contributed by atoms with Crippen molar-refractivity contribution in [1.29, 1.82) is 0 Å². The number of alkyl halides is 3. The molecule has 2 aromatic carbocycles. The van der Waals surface area contributed by atoms with Gasteiger partial charge in [0.1, 0.15) is 17.3 Å². The van der Waals surface area contributed by atoms with Gasteiger partial charge >= 0.3 is 6.18 Å². The van der Waals surface area contributed by atoms with Crippen LogP contribution in [0.3, 0.4) is 0 Å². The van der Waals surface area contributed by atoms with E-state index in [1.807, 2.05) is 30.3 Å². The molecule has 1 saturated heterocycles. The molecule has 0 amide bonds. The second-order valence-corrected chi connectivity index (χ2v) is 6.94. The van der Waals surface area contributed by atoms with Crippen LogP contribution < -0.4 is 4.74 Å². The van der Waals surface area contributed by atoms with Gasteiger partial charge in [0.25, 0.3) is 0 Å². The summed E-state index contributed by atoms with van der Waals surface area (Å²) in [5, 5.41) is 0. The first-order valence-electron chi connectivity index (χ1n) is 8.59. The van der Waals surface area contributed by atoms with Crippen LogP contribution in [-0.2, 0) is 6.54 Å². The smallest absolute Gasteiger partial charge is 0.399 e. The number of piperidine rings is 1. The number of halogens is 3. The SMILES string of the molecule is FC(F)(F)[C@H]1c2ccccc2OC12CCN(Cc1ccccc1)CC2. The molecular formula is C20H20F3NO. The van der Waals surface area contributed by atoms with Crippen LogP contribution in [-0.4, -0.2) is 29.8 Å². The molecule has 4 rings (SSSR count). The molecule has 0 aromatic heterocycles. The van der Waals surface area contributed by atoms with Gasteiger partial charge in [0.15, 0.2) is 0 Å². The Hall–Kier alpha value is -2.01. The fourth-order valence-corrected chi connectivity index (χ4v) is 4.17. The highest BCUT2D eigenvalue weighted by molar-refractivity contribution is 5.44. The summed E-state index contributed by atoms with van der Waals surface area (Å²) in [7, 11) is 0. The molecule has 0 radical (unpaired) electrons. The molecule has 2 heterocycles. The van der Waals surface area contributed by atoms with Gasteiger partial charge in [0.05, 0.1) is 0 Å². The van der Waals surface area contributed by atoms with Gasteiger partial charge in [-0.1, -0.05) is 48.5 Å². The average molecular weight is 347 g/mol. The third-order valence-electron chi connectivity index (χ3n) is 5.35. The van der Waals surface area contributed by atoms with E-state index < -0.39 is 17.7 Å². The molecule has 2 nitrogen and oxygen atoms in total. The summed E-state index contributed by atoms with van der Waals surface area (Å²) in [4.78, 5) is 2.21. The van der Waals surface area contributed by atoms with E-state index in [0.29, 0.717) is 31.7 Å². The molecule has 1 spiro atoms. The summed E-state index contributed by atoms with van der Waals surface area (Å²) < 4.78 is 47.4. The molecule has 2 aliphatic heterocycles. The number of hydrogen-bond donors (Lipinski definition) is 0. The van der Waals surface area contributed by atoms with Crippen molar-refractivity contribution in [3.8, 4) is 5.75 Å². The Morgan fingerprint density at radius 3 is 2.28 bits per heavy atom. The summed E-state index contributed by atoms with van der Waals surface area (Å²) >= 11 is 0. The molecule has 5 heteroatoms. The Balaban J connectivity index is 1.53. The second kappa shape index (κ2) is 6.06. The zero-order valence-corrected chi connectivity index (χ0v) is 13.8. The van der Waals surface area contributed by atoms with Crippen molar-refractivity contribution in [2.45, 2.75) is 37.1 Å². The number of ether oxygens (including phenoxy) is 1. The summed E-state index contributed by atoms with van der Waals surface area (Å²) in [5.41, 5.74) is 0.308. The highest BCUT2D eigenvalue weighted by Gasteiger charge is 2.61. The number of hydrogen-bond acceptors (Lipinski definition) is 2. The first-order chi connectivity index (χ1) is 12.0. The lowest BCUT2D eigenvalue weighted by atomic mass is 9.77. The number of fused-ring (bicyclic) bond motifs is 1. The molecular weight excluding hydrogens is 327 g/mol. The topological polar surface area (TPSA) is 12.5 Å². The van der Waals surface area contributed by atoms with Crippen molar-refractivity contribution in [3.05, 3.63) is 65.7 Å². The van der Waals surface area contributed by atoms with Crippen LogP contribution in [0, 0.1) is 0 Å². The summed E-state index contributed by atoms with van der Waals surface area (Å²) in [6, 6.07) is 16.6. The molecule has 2 aliphatic rings. The minimum atomic E-state index is -4.30. The largest absolute Gasteiger partial charge is 0.486 e. The van der Waals surface area contributed by atoms with Crippen LogP contribution >= 0.6 is 0 Å². The summed E-state index contributed by atoms with van der Waals surface area (Å²) in [6.45, 7) is 1.98. The number of likely N-dealkylation sites (tertiary alicyclic amines) is 1. The van der Waals surface area contributed by atoms with E-state index in [1.165, 1.54) is 5.56 Å². The summed E-state index contributed by atoms with van der Waals surface area (Å²) in [5.74, 6) is -1.14. The molecule has 0 saturated carbocycles. The Morgan fingerprint density at radius 1 is 0.960 bits per heavy atom. The molecule has 2 aromatic rings. The number of nitrogens with zero attached hydrogens (tertiary/aromatic N) is 1. The van der Waals surface area contributed by atoms with Gasteiger partial charge in [-0.3, -0.25) is 4.90 Å². The third kappa shape index (κ3) is 3.01. The predicted molar refractivity (Wildman–Crippen MR) is 89.6 cm³/mol. The predicted octanol–water partition coefficient (Wildman–Crippen LogP) is 4.76. The standard InChI is InChI=1S/C20H20F3NO/c21-20(22,23)18-16-8-4-5-9-17(16)25-19(18)10-12-24(13-11-19)14-15-6-2-1-3-7-15/h1-9,18H,10-14H2/t18-/m0/s1. The fraction of sp³-hybridized carbons (Fsp3) is 0.400. The van der Waals surface area contributed by atoms with Crippen molar-refractivity contribution in [1.82, 2.24) is 4.90 Å². The van der Waals surface area contributed by atoms with E-state index in [0.717, 1.165) is 6.54 Å². The lowest BCUT2D eigenvalue weighted by molar-refractivity contribution is -0.189. The molecule has 0 N–H and O–H groups in total. The molecule has 0 aliphatic carbocycles. The van der Waals surface area contributed by atoms with E-state index in [1.54, 1.807) is 24.3 Å². The first-order valence-corrected chi connectivity index (χ1v) is 8.59. The van der Waals surface area contributed by atoms with Crippen molar-refractivity contribution < 1.29 is 17.9 Å². The molecule has 1 atom stereocenters. The highest BCUT2D eigenvalue weighted by Crippen LogP contribution is 2.56. The number of rotatable bonds is 2. The van der Waals surface area contributed by atoms with Gasteiger partial charge in [-0.2, -0.15) is 13.2 Å². The minimum Gasteiger partial charge on any atom is -0.486 e. The maximum atomic E-state index is 13.8. The maximum Gasteiger partial charge on any atom is 0.399 e. The Labute approximate surface area is 145 Å². The van der Waals surface area contributed by atoms with Gasteiger partial charge < -0.3 is 4.74 Å². The van der Waals surface area contributed by atoms with Crippen LogP contribution in [0.1, 0.15) is 29.9 Å². The highest BCUT2D eigenvalue weighted by atomic mass is 19.4. The van der Waals surface area contributed by atoms with E-state index in [2.05, 4.69) is 4.90 Å². The van der Waals surface area contributed by atoms with Crippen molar-refractivity contribution in [3.63, 3.8) is 0 Å². The lowest BCUT2D eigenvalue weighted by Gasteiger charge is -2.42. The van der Waals surface area contributed by atoms with Gasteiger partial charge in [-0.25, -0.2) is 0 Å². The van der Waals surface area contributed by atoms with Crippen molar-refractivity contribution in [2.75, 3.05) is 13.1 Å². The van der Waals surface area contributed by atoms with Crippen LogP contribution in [0.2, 0.25) is 0 Å². The minimum absolute atomic E-state index is 0.284. The summed E-state index contributed by atoms with van der Waals surface area (Å²) in [6.07, 6.45) is -3.52. The zero-order chi connectivity index (χ0) is 17.5. The van der Waals surface area contributed by atoms with Gasteiger partial charge in [-0.15, -0.1) is 0 Å². The van der Waals surface area contributed by atoms with E-state index in [4.69, 9.17) is 4.74 Å². The molecule has 25 heavy (non-hydrogen) atoms. The normalized spacial score (nSPS) is 22.6. The number of benzene rings is 2. The van der Waals surface area contributed by atoms with E-state index in [9.17, 15) is 13.2 Å². The van der Waals surface area contributed by atoms with Gasteiger partial charge in [0, 0.05) is 38.0 Å². The lowest BCUT2D eigenvalue weighted by Crippen LogP contribution is -2.52. The maximum absolute atomic E-state index is 13.8. The molecule has 1 fully saturated rings. The van der Waals surface area contributed by atoms with Crippen molar-refractivity contribution >= 4 is 0 Å². The zero-order valence-electron chi connectivity index (χ0n) is 13.8. The fourth-order valence-electron chi connectivity index (χ4n) is 4.17. The van der Waals surface area contributed by atoms with E-state index in [-0.39, 0.29) is 5.56 Å². The van der Waals surface area contributed by atoms with Crippen LogP contribution in [0.25, 0.3) is 0 Å². The quantitative estimate of drug-likeness (QED) is 0.777. The molecule has 0 bridgehead atoms. The first kappa shape index (κ1) is 16.5. The average Bonchev–Trinajstić information content (AvgIpc) is 2.92. The Bertz CT molecular complexity index is 736. The van der Waals surface area contributed by atoms with Crippen LogP contribution in [0.5, 0.6) is 5.75 Å².